The molecule has 0 N–H and O–H groups in total. The highest BCUT2D eigenvalue weighted by molar-refractivity contribution is 5.06. The van der Waals surface area contributed by atoms with Crippen LogP contribution in [0, 0.1) is 29.6 Å². The van der Waals surface area contributed by atoms with Crippen LogP contribution in [0.1, 0.15) is 58.3 Å². The first kappa shape index (κ1) is 13.7. The van der Waals surface area contributed by atoms with Gasteiger partial charge in [0.2, 0.25) is 0 Å². The number of rotatable bonds is 7. The van der Waals surface area contributed by atoms with E-state index in [1.54, 1.807) is 19.3 Å². The molecule has 108 valence electrons. The van der Waals surface area contributed by atoms with E-state index in [0.717, 1.165) is 42.8 Å². The summed E-state index contributed by atoms with van der Waals surface area (Å²) in [7, 11) is 0. The van der Waals surface area contributed by atoms with Gasteiger partial charge in [0.05, 0.1) is 6.61 Å². The van der Waals surface area contributed by atoms with Crippen molar-refractivity contribution in [2.75, 3.05) is 13.2 Å². The summed E-state index contributed by atoms with van der Waals surface area (Å²) < 4.78 is 5.35. The highest BCUT2D eigenvalue weighted by Crippen LogP contribution is 2.55. The van der Waals surface area contributed by atoms with Gasteiger partial charge in [-0.15, -0.1) is 0 Å². The number of hydrogen-bond acceptors (Lipinski definition) is 1. The highest BCUT2D eigenvalue weighted by Gasteiger charge is 2.46. The van der Waals surface area contributed by atoms with Crippen molar-refractivity contribution in [3.63, 3.8) is 0 Å². The maximum absolute atomic E-state index is 5.35. The van der Waals surface area contributed by atoms with Crippen molar-refractivity contribution in [3.8, 4) is 0 Å². The summed E-state index contributed by atoms with van der Waals surface area (Å²) in [4.78, 5) is 0. The van der Waals surface area contributed by atoms with Gasteiger partial charge < -0.3 is 4.74 Å². The van der Waals surface area contributed by atoms with Crippen LogP contribution in [-0.4, -0.2) is 13.2 Å². The Morgan fingerprint density at radius 3 is 2.58 bits per heavy atom. The van der Waals surface area contributed by atoms with Crippen molar-refractivity contribution in [2.45, 2.75) is 58.3 Å². The molecule has 3 saturated carbocycles. The van der Waals surface area contributed by atoms with E-state index in [1.165, 1.54) is 32.1 Å². The smallest absolute Gasteiger partial charge is 0.0647 e. The van der Waals surface area contributed by atoms with Crippen molar-refractivity contribution in [3.05, 3.63) is 12.2 Å². The van der Waals surface area contributed by atoms with Gasteiger partial charge in [-0.05, 0) is 62.2 Å². The van der Waals surface area contributed by atoms with Crippen LogP contribution in [0.25, 0.3) is 0 Å². The van der Waals surface area contributed by atoms with Crippen molar-refractivity contribution in [1.82, 2.24) is 0 Å². The molecule has 0 aromatic rings. The average molecular weight is 262 g/mol. The molecule has 1 nitrogen and oxygen atoms in total. The Morgan fingerprint density at radius 2 is 1.84 bits per heavy atom. The molecule has 1 unspecified atom stereocenters. The second-order valence-electron chi connectivity index (χ2n) is 7.13. The number of hydrogen-bond donors (Lipinski definition) is 0. The molecule has 0 aromatic carbocycles. The number of allylic oxidation sites excluding steroid dienone is 1. The van der Waals surface area contributed by atoms with Gasteiger partial charge >= 0.3 is 0 Å². The Balaban J connectivity index is 1.28. The minimum absolute atomic E-state index is 0.814. The molecule has 0 aromatic heterocycles. The van der Waals surface area contributed by atoms with Gasteiger partial charge in [0.1, 0.15) is 0 Å². The lowest BCUT2D eigenvalue weighted by atomic mass is 9.68. The molecule has 3 aliphatic carbocycles. The zero-order chi connectivity index (χ0) is 13.1. The molecular weight excluding hydrogens is 232 g/mol. The summed E-state index contributed by atoms with van der Waals surface area (Å²) >= 11 is 0. The van der Waals surface area contributed by atoms with Crippen LogP contribution in [0.4, 0.5) is 0 Å². The SMILES string of the molecule is CCOC/C=C\C1C[C@H]1C1CC(CC2CCCC2)C1. The maximum Gasteiger partial charge on any atom is 0.0647 e. The van der Waals surface area contributed by atoms with Crippen LogP contribution in [0.5, 0.6) is 0 Å². The zero-order valence-corrected chi connectivity index (χ0v) is 12.5. The van der Waals surface area contributed by atoms with Gasteiger partial charge in [-0.25, -0.2) is 0 Å². The zero-order valence-electron chi connectivity index (χ0n) is 12.5. The summed E-state index contributed by atoms with van der Waals surface area (Å²) in [5, 5.41) is 0. The Labute approximate surface area is 118 Å². The van der Waals surface area contributed by atoms with Gasteiger partial charge in [-0.1, -0.05) is 37.8 Å². The van der Waals surface area contributed by atoms with Crippen LogP contribution in [0.2, 0.25) is 0 Å². The number of ether oxygens (including phenoxy) is 1. The van der Waals surface area contributed by atoms with Gasteiger partial charge in [-0.3, -0.25) is 0 Å². The van der Waals surface area contributed by atoms with E-state index in [1.807, 2.05) is 0 Å². The van der Waals surface area contributed by atoms with E-state index in [4.69, 9.17) is 4.74 Å². The monoisotopic (exact) mass is 262 g/mol. The normalized spacial score (nSPS) is 38.8. The Morgan fingerprint density at radius 1 is 1.05 bits per heavy atom. The lowest BCUT2D eigenvalue weighted by Gasteiger charge is -2.37. The molecule has 2 atom stereocenters. The fourth-order valence-corrected chi connectivity index (χ4v) is 4.46. The Kier molecular flexibility index (Phi) is 4.63. The summed E-state index contributed by atoms with van der Waals surface area (Å²) in [6.07, 6.45) is 16.9. The summed E-state index contributed by atoms with van der Waals surface area (Å²) in [5.74, 6) is 5.22. The van der Waals surface area contributed by atoms with Crippen molar-refractivity contribution in [1.29, 1.82) is 0 Å². The molecular formula is C18H30O. The molecule has 0 saturated heterocycles. The molecule has 0 heterocycles. The molecule has 0 amide bonds. The maximum atomic E-state index is 5.35. The highest BCUT2D eigenvalue weighted by atomic mass is 16.5. The minimum Gasteiger partial charge on any atom is -0.378 e. The van der Waals surface area contributed by atoms with Crippen molar-refractivity contribution in [2.24, 2.45) is 29.6 Å². The van der Waals surface area contributed by atoms with Gasteiger partial charge in [-0.2, -0.15) is 0 Å². The standard InChI is InChI=1S/C18H30O/c1-2-19-9-5-8-16-13-18(16)17-11-15(12-17)10-14-6-3-4-7-14/h5,8,14-18H,2-4,6-7,9-13H2,1H3/b8-5-/t15?,16?,17?,18-/m1/s1. The minimum atomic E-state index is 0.814. The van der Waals surface area contributed by atoms with Crippen LogP contribution >= 0.6 is 0 Å². The average Bonchev–Trinajstić information content (AvgIpc) is 2.92. The lowest BCUT2D eigenvalue weighted by Crippen LogP contribution is -2.27. The molecule has 1 heteroatoms. The van der Waals surface area contributed by atoms with E-state index in [9.17, 15) is 0 Å². The van der Waals surface area contributed by atoms with E-state index in [0.29, 0.717) is 0 Å². The lowest BCUT2D eigenvalue weighted by molar-refractivity contribution is 0.136. The Hall–Kier alpha value is -0.300. The molecule has 0 bridgehead atoms. The fourth-order valence-electron chi connectivity index (χ4n) is 4.46. The van der Waals surface area contributed by atoms with Gasteiger partial charge in [0, 0.05) is 6.61 Å². The first-order valence-electron chi connectivity index (χ1n) is 8.61. The topological polar surface area (TPSA) is 9.23 Å². The Bertz CT molecular complexity index is 297. The van der Waals surface area contributed by atoms with Gasteiger partial charge in [0.25, 0.3) is 0 Å². The third kappa shape index (κ3) is 3.62. The summed E-state index contributed by atoms with van der Waals surface area (Å²) in [6, 6.07) is 0. The van der Waals surface area contributed by atoms with E-state index in [-0.39, 0.29) is 0 Å². The van der Waals surface area contributed by atoms with Gasteiger partial charge in [0.15, 0.2) is 0 Å². The molecule has 0 spiro atoms. The summed E-state index contributed by atoms with van der Waals surface area (Å²) in [6.45, 7) is 3.71. The van der Waals surface area contributed by atoms with Crippen LogP contribution in [0.3, 0.4) is 0 Å². The molecule has 19 heavy (non-hydrogen) atoms. The molecule has 3 fully saturated rings. The molecule has 3 rings (SSSR count). The molecule has 3 aliphatic rings. The second kappa shape index (κ2) is 6.43. The van der Waals surface area contributed by atoms with Crippen LogP contribution in [0.15, 0.2) is 12.2 Å². The molecule has 0 aliphatic heterocycles. The van der Waals surface area contributed by atoms with E-state index in [2.05, 4.69) is 19.1 Å². The fraction of sp³-hybridized carbons (Fsp3) is 0.889. The largest absolute Gasteiger partial charge is 0.378 e. The quantitative estimate of drug-likeness (QED) is 0.472. The van der Waals surface area contributed by atoms with Crippen LogP contribution in [-0.2, 0) is 4.74 Å². The predicted molar refractivity (Wildman–Crippen MR) is 80.0 cm³/mol. The second-order valence-corrected chi connectivity index (χ2v) is 7.13. The van der Waals surface area contributed by atoms with E-state index >= 15 is 0 Å². The van der Waals surface area contributed by atoms with Crippen LogP contribution < -0.4 is 0 Å². The first-order chi connectivity index (χ1) is 9.36. The predicted octanol–water partition coefficient (Wildman–Crippen LogP) is 4.82. The third-order valence-corrected chi connectivity index (χ3v) is 5.71. The van der Waals surface area contributed by atoms with Crippen molar-refractivity contribution >= 4 is 0 Å². The first-order valence-corrected chi connectivity index (χ1v) is 8.61. The summed E-state index contributed by atoms with van der Waals surface area (Å²) in [5.41, 5.74) is 0. The van der Waals surface area contributed by atoms with E-state index < -0.39 is 0 Å². The van der Waals surface area contributed by atoms with Crippen molar-refractivity contribution < 1.29 is 4.74 Å². The molecule has 0 radical (unpaired) electrons. The third-order valence-electron chi connectivity index (χ3n) is 5.71.